The van der Waals surface area contributed by atoms with Gasteiger partial charge in [-0.25, -0.2) is 0 Å². The second kappa shape index (κ2) is 8.79. The maximum atomic E-state index is 10.4. The lowest BCUT2D eigenvalue weighted by molar-refractivity contribution is 0.445. The summed E-state index contributed by atoms with van der Waals surface area (Å²) in [5, 5.41) is 31.2. The predicted octanol–water partition coefficient (Wildman–Crippen LogP) is 7.30. The summed E-state index contributed by atoms with van der Waals surface area (Å²) in [5.74, 6) is 1.66. The highest BCUT2D eigenvalue weighted by Crippen LogP contribution is 2.46. The van der Waals surface area contributed by atoms with Gasteiger partial charge in [-0.15, -0.1) is 0 Å². The molecule has 0 aliphatic carbocycles. The van der Waals surface area contributed by atoms with E-state index in [4.69, 9.17) is 4.74 Å². The van der Waals surface area contributed by atoms with Crippen molar-refractivity contribution in [3.63, 3.8) is 0 Å². The second-order valence-electron chi connectivity index (χ2n) is 8.10. The maximum absolute atomic E-state index is 10.4. The van der Waals surface area contributed by atoms with Gasteiger partial charge >= 0.3 is 0 Å². The number of phenolic OH excluding ortho intramolecular Hbond substituents is 3. The van der Waals surface area contributed by atoms with Crippen molar-refractivity contribution in [2.75, 3.05) is 4.90 Å². The van der Waals surface area contributed by atoms with E-state index in [1.165, 1.54) is 0 Å². The average molecular weight is 442 g/mol. The van der Waals surface area contributed by atoms with Gasteiger partial charge in [-0.05, 0) is 75.7 Å². The number of aromatic hydroxyl groups is 3. The Balaban J connectivity index is 1.94. The summed E-state index contributed by atoms with van der Waals surface area (Å²) in [5.41, 5.74) is 5.04. The molecule has 33 heavy (non-hydrogen) atoms. The standard InChI is InChI=1S/C28H27NO4/c1-17-15-16-26(20(4)28(17)32)33-27-14-6-5-9-23(27)29(21-10-7-12-24(30)18(21)2)22-11-8-13-25(31)19(22)3/h5-16,30-32H,1-4H3. The van der Waals surface area contributed by atoms with E-state index in [9.17, 15) is 15.3 Å². The van der Waals surface area contributed by atoms with Gasteiger partial charge in [0.2, 0.25) is 0 Å². The molecule has 0 aliphatic rings. The number of phenols is 3. The van der Waals surface area contributed by atoms with Crippen molar-refractivity contribution in [2.45, 2.75) is 27.7 Å². The first kappa shape index (κ1) is 22.1. The molecule has 0 aliphatic heterocycles. The highest BCUT2D eigenvalue weighted by atomic mass is 16.5. The lowest BCUT2D eigenvalue weighted by Gasteiger charge is -2.30. The Labute approximate surface area is 193 Å². The van der Waals surface area contributed by atoms with Crippen LogP contribution in [0.1, 0.15) is 22.3 Å². The Morgan fingerprint density at radius 2 is 1.09 bits per heavy atom. The molecule has 5 nitrogen and oxygen atoms in total. The number of nitrogens with zero attached hydrogens (tertiary/aromatic N) is 1. The van der Waals surface area contributed by atoms with Crippen molar-refractivity contribution < 1.29 is 20.1 Å². The van der Waals surface area contributed by atoms with Crippen molar-refractivity contribution in [2.24, 2.45) is 0 Å². The fraction of sp³-hybridized carbons (Fsp3) is 0.143. The van der Waals surface area contributed by atoms with Crippen LogP contribution >= 0.6 is 0 Å². The van der Waals surface area contributed by atoms with Crippen LogP contribution < -0.4 is 9.64 Å². The number of aryl methyl sites for hydroxylation is 1. The van der Waals surface area contributed by atoms with Crippen LogP contribution in [0.2, 0.25) is 0 Å². The maximum Gasteiger partial charge on any atom is 0.151 e. The summed E-state index contributed by atoms with van der Waals surface area (Å²) in [6, 6.07) is 21.9. The number of anilines is 3. The molecule has 0 radical (unpaired) electrons. The first-order valence-electron chi connectivity index (χ1n) is 10.7. The van der Waals surface area contributed by atoms with Crippen molar-refractivity contribution in [3.8, 4) is 28.7 Å². The Morgan fingerprint density at radius 1 is 0.545 bits per heavy atom. The van der Waals surface area contributed by atoms with Gasteiger partial charge < -0.3 is 25.0 Å². The molecular weight excluding hydrogens is 414 g/mol. The molecule has 0 saturated carbocycles. The Bertz CT molecular complexity index is 1280. The summed E-state index contributed by atoms with van der Waals surface area (Å²) in [7, 11) is 0. The van der Waals surface area contributed by atoms with Gasteiger partial charge in [0.05, 0.1) is 17.1 Å². The first-order chi connectivity index (χ1) is 15.8. The zero-order valence-electron chi connectivity index (χ0n) is 19.1. The van der Waals surface area contributed by atoms with E-state index in [1.807, 2.05) is 81.1 Å². The third-order valence-electron chi connectivity index (χ3n) is 5.94. The Morgan fingerprint density at radius 3 is 1.70 bits per heavy atom. The van der Waals surface area contributed by atoms with E-state index >= 15 is 0 Å². The molecule has 0 bridgehead atoms. The SMILES string of the molecule is Cc1ccc(Oc2ccccc2N(c2cccc(O)c2C)c2cccc(O)c2C)c(C)c1O. The minimum atomic E-state index is 0.174. The fourth-order valence-corrected chi connectivity index (χ4v) is 3.87. The molecular formula is C28H27NO4. The average Bonchev–Trinajstić information content (AvgIpc) is 2.81. The largest absolute Gasteiger partial charge is 0.508 e. The van der Waals surface area contributed by atoms with E-state index in [0.29, 0.717) is 28.2 Å². The smallest absolute Gasteiger partial charge is 0.151 e. The van der Waals surface area contributed by atoms with Crippen LogP contribution in [-0.4, -0.2) is 15.3 Å². The number of para-hydroxylation sites is 2. The first-order valence-corrected chi connectivity index (χ1v) is 10.7. The normalized spacial score (nSPS) is 10.8. The molecule has 3 N–H and O–H groups in total. The van der Waals surface area contributed by atoms with Crippen LogP contribution in [0.3, 0.4) is 0 Å². The number of benzene rings is 4. The lowest BCUT2D eigenvalue weighted by Crippen LogP contribution is -2.13. The summed E-state index contributed by atoms with van der Waals surface area (Å²) < 4.78 is 6.31. The topological polar surface area (TPSA) is 73.2 Å². The van der Waals surface area contributed by atoms with Crippen molar-refractivity contribution in [1.82, 2.24) is 0 Å². The Hall–Kier alpha value is -4.12. The summed E-state index contributed by atoms with van der Waals surface area (Å²) in [4.78, 5) is 1.96. The molecule has 0 aromatic heterocycles. The number of hydrogen-bond acceptors (Lipinski definition) is 5. The zero-order chi connectivity index (χ0) is 23.7. The number of rotatable bonds is 5. The molecule has 0 unspecified atom stereocenters. The van der Waals surface area contributed by atoms with Crippen molar-refractivity contribution in [3.05, 3.63) is 95.1 Å². The van der Waals surface area contributed by atoms with E-state index in [0.717, 1.165) is 22.6 Å². The van der Waals surface area contributed by atoms with E-state index in [1.54, 1.807) is 24.3 Å². The fourth-order valence-electron chi connectivity index (χ4n) is 3.87. The zero-order valence-corrected chi connectivity index (χ0v) is 19.1. The molecule has 5 heteroatoms. The van der Waals surface area contributed by atoms with Gasteiger partial charge in [0.25, 0.3) is 0 Å². The van der Waals surface area contributed by atoms with E-state index < -0.39 is 0 Å². The minimum Gasteiger partial charge on any atom is -0.508 e. The molecule has 0 fully saturated rings. The van der Waals surface area contributed by atoms with Crippen LogP contribution in [0.25, 0.3) is 0 Å². The quantitative estimate of drug-likeness (QED) is 0.303. The molecule has 0 saturated heterocycles. The van der Waals surface area contributed by atoms with Crippen LogP contribution in [0, 0.1) is 27.7 Å². The summed E-state index contributed by atoms with van der Waals surface area (Å²) in [6.07, 6.45) is 0. The number of hydrogen-bond donors (Lipinski definition) is 3. The van der Waals surface area contributed by atoms with Crippen LogP contribution in [0.5, 0.6) is 28.7 Å². The molecule has 0 heterocycles. The third kappa shape index (κ3) is 4.05. The highest BCUT2D eigenvalue weighted by molar-refractivity contribution is 5.84. The molecule has 4 aromatic rings. The third-order valence-corrected chi connectivity index (χ3v) is 5.94. The van der Waals surface area contributed by atoms with Gasteiger partial charge in [0, 0.05) is 16.7 Å². The molecule has 0 spiro atoms. The molecule has 4 rings (SSSR count). The van der Waals surface area contributed by atoms with E-state index in [2.05, 4.69) is 0 Å². The van der Waals surface area contributed by atoms with E-state index in [-0.39, 0.29) is 17.2 Å². The van der Waals surface area contributed by atoms with Crippen LogP contribution in [0.15, 0.2) is 72.8 Å². The van der Waals surface area contributed by atoms with Crippen LogP contribution in [-0.2, 0) is 0 Å². The van der Waals surface area contributed by atoms with Crippen LogP contribution in [0.4, 0.5) is 17.1 Å². The molecule has 0 atom stereocenters. The highest BCUT2D eigenvalue weighted by Gasteiger charge is 2.22. The summed E-state index contributed by atoms with van der Waals surface area (Å²) in [6.45, 7) is 7.36. The second-order valence-corrected chi connectivity index (χ2v) is 8.10. The van der Waals surface area contributed by atoms with Gasteiger partial charge in [-0.2, -0.15) is 0 Å². The molecule has 0 amide bonds. The monoisotopic (exact) mass is 441 g/mol. The van der Waals surface area contributed by atoms with Gasteiger partial charge in [0.15, 0.2) is 5.75 Å². The number of ether oxygens (including phenoxy) is 1. The minimum absolute atomic E-state index is 0.174. The van der Waals surface area contributed by atoms with Gasteiger partial charge in [-0.3, -0.25) is 0 Å². The van der Waals surface area contributed by atoms with Gasteiger partial charge in [0.1, 0.15) is 23.0 Å². The summed E-state index contributed by atoms with van der Waals surface area (Å²) >= 11 is 0. The molecule has 4 aromatic carbocycles. The molecule has 168 valence electrons. The van der Waals surface area contributed by atoms with Gasteiger partial charge in [-0.1, -0.05) is 30.3 Å². The van der Waals surface area contributed by atoms with Crippen molar-refractivity contribution >= 4 is 17.1 Å². The predicted molar refractivity (Wildman–Crippen MR) is 132 cm³/mol. The van der Waals surface area contributed by atoms with Crippen molar-refractivity contribution in [1.29, 1.82) is 0 Å². The lowest BCUT2D eigenvalue weighted by atomic mass is 10.1. The Kier molecular flexibility index (Phi) is 5.88.